The third-order valence-corrected chi connectivity index (χ3v) is 10.3. The molecular weight excluding hydrogens is 586 g/mol. The smallest absolute Gasteiger partial charge is 0.413 e. The number of rotatable bonds is 5. The Bertz CT molecular complexity index is 1600. The molecular formula is C33H43N9O4. The Kier molecular flexibility index (Phi) is 8.28. The number of hydrogen-bond donors (Lipinski definition) is 3. The van der Waals surface area contributed by atoms with Gasteiger partial charge in [-0.15, -0.1) is 0 Å². The van der Waals surface area contributed by atoms with E-state index in [-0.39, 0.29) is 11.9 Å². The molecule has 4 aliphatic rings. The van der Waals surface area contributed by atoms with Crippen LogP contribution in [0.15, 0.2) is 36.7 Å². The number of ether oxygens (including phenoxy) is 1. The van der Waals surface area contributed by atoms with Gasteiger partial charge in [0.25, 0.3) is 0 Å². The number of anilines is 1. The van der Waals surface area contributed by atoms with E-state index in [1.54, 1.807) is 17.3 Å². The molecule has 4 amide bonds. The molecule has 244 valence electrons. The summed E-state index contributed by atoms with van der Waals surface area (Å²) in [5.41, 5.74) is 2.98. The maximum Gasteiger partial charge on any atom is 0.413 e. The van der Waals surface area contributed by atoms with Gasteiger partial charge in [-0.05, 0) is 69.2 Å². The highest BCUT2D eigenvalue weighted by molar-refractivity contribution is 5.89. The first-order valence-corrected chi connectivity index (χ1v) is 16.4. The third kappa shape index (κ3) is 6.01. The van der Waals surface area contributed by atoms with Crippen LogP contribution in [-0.4, -0.2) is 124 Å². The number of pyridine rings is 1. The normalized spacial score (nSPS) is 21.5. The molecule has 13 heteroatoms. The monoisotopic (exact) mass is 629 g/mol. The molecule has 0 saturated carbocycles. The fraction of sp³-hybridized carbons (Fsp3) is 0.545. The summed E-state index contributed by atoms with van der Waals surface area (Å²) in [6.07, 6.45) is 6.48. The van der Waals surface area contributed by atoms with E-state index in [1.807, 2.05) is 30.0 Å². The number of likely N-dealkylation sites (tertiary alicyclic amines) is 2. The fourth-order valence-corrected chi connectivity index (χ4v) is 7.66. The predicted octanol–water partition coefficient (Wildman–Crippen LogP) is 2.68. The number of piperidine rings is 2. The lowest BCUT2D eigenvalue weighted by atomic mass is 9.83. The molecule has 3 aromatic rings. The lowest BCUT2D eigenvalue weighted by Crippen LogP contribution is -2.59. The second kappa shape index (κ2) is 12.5. The molecule has 1 aromatic carbocycles. The van der Waals surface area contributed by atoms with Crippen LogP contribution in [0, 0.1) is 6.92 Å². The zero-order chi connectivity index (χ0) is 31.8. The Hall–Kier alpha value is -4.23. The van der Waals surface area contributed by atoms with Gasteiger partial charge in [0.05, 0.1) is 11.7 Å². The van der Waals surface area contributed by atoms with Crippen LogP contribution in [0.2, 0.25) is 0 Å². The Morgan fingerprint density at radius 1 is 1.07 bits per heavy atom. The van der Waals surface area contributed by atoms with Gasteiger partial charge in [0.2, 0.25) is 5.91 Å². The molecule has 1 spiro atoms. The molecule has 0 unspecified atom stereocenters. The van der Waals surface area contributed by atoms with Crippen molar-refractivity contribution in [3.05, 3.63) is 53.3 Å². The van der Waals surface area contributed by atoms with Gasteiger partial charge in [-0.25, -0.2) is 14.6 Å². The number of piperazine rings is 1. The maximum atomic E-state index is 14.1. The number of nitrogens with zero attached hydrogens (tertiary/aromatic N) is 6. The van der Waals surface area contributed by atoms with Crippen molar-refractivity contribution in [2.75, 3.05) is 64.7 Å². The van der Waals surface area contributed by atoms with E-state index in [1.165, 1.54) is 0 Å². The minimum atomic E-state index is -0.830. The number of nitrogens with one attached hydrogen (secondary N) is 3. The van der Waals surface area contributed by atoms with Crippen molar-refractivity contribution in [3.8, 4) is 0 Å². The number of amides is 4. The number of urea groups is 1. The Labute approximate surface area is 268 Å². The molecule has 0 bridgehead atoms. The van der Waals surface area contributed by atoms with Gasteiger partial charge < -0.3 is 24.8 Å². The van der Waals surface area contributed by atoms with E-state index in [0.717, 1.165) is 66.6 Å². The highest BCUT2D eigenvalue weighted by atomic mass is 16.6. The Balaban J connectivity index is 1.05. The summed E-state index contributed by atoms with van der Waals surface area (Å²) in [5, 5.41) is 14.0. The average molecular weight is 630 g/mol. The summed E-state index contributed by atoms with van der Waals surface area (Å²) >= 11 is 0. The van der Waals surface area contributed by atoms with E-state index in [2.05, 4.69) is 48.7 Å². The molecule has 46 heavy (non-hydrogen) atoms. The van der Waals surface area contributed by atoms with Crippen LogP contribution >= 0.6 is 0 Å². The van der Waals surface area contributed by atoms with E-state index < -0.39 is 17.7 Å². The fourth-order valence-electron chi connectivity index (χ4n) is 7.66. The Morgan fingerprint density at radius 3 is 2.59 bits per heavy atom. The van der Waals surface area contributed by atoms with Crippen molar-refractivity contribution < 1.29 is 19.1 Å². The summed E-state index contributed by atoms with van der Waals surface area (Å²) in [6.45, 7) is 7.99. The number of fused-ring (bicyclic) bond motifs is 3. The van der Waals surface area contributed by atoms with Crippen LogP contribution in [0.5, 0.6) is 0 Å². The second-order valence-corrected chi connectivity index (χ2v) is 13.2. The number of carbonyl (C=O) groups excluding carboxylic acids is 3. The molecule has 0 radical (unpaired) electrons. The molecule has 4 aliphatic heterocycles. The minimum absolute atomic E-state index is 0.0536. The Morgan fingerprint density at radius 2 is 1.83 bits per heavy atom. The van der Waals surface area contributed by atoms with Gasteiger partial charge in [0.15, 0.2) is 0 Å². The number of aromatic nitrogens is 3. The van der Waals surface area contributed by atoms with E-state index >= 15 is 0 Å². The van der Waals surface area contributed by atoms with Crippen LogP contribution in [0.1, 0.15) is 42.4 Å². The van der Waals surface area contributed by atoms with Gasteiger partial charge in [0.1, 0.15) is 17.5 Å². The molecule has 7 rings (SSSR count). The highest BCUT2D eigenvalue weighted by Gasteiger charge is 2.46. The molecule has 6 heterocycles. The number of H-pyrrole nitrogens is 1. The topological polar surface area (TPSA) is 139 Å². The first-order valence-electron chi connectivity index (χ1n) is 16.4. The summed E-state index contributed by atoms with van der Waals surface area (Å²) in [5.74, 6) is 0.449. The number of aromatic amines is 1. The maximum absolute atomic E-state index is 14.1. The van der Waals surface area contributed by atoms with Crippen molar-refractivity contribution in [2.45, 2.75) is 56.7 Å². The van der Waals surface area contributed by atoms with Gasteiger partial charge in [0, 0.05) is 81.7 Å². The standard InChI is InChI=1S/C33H43N9O4/c1-22-18-23(19-24-21-35-38-28(22)24)20-27(30(43)41-16-14-40(15-17-41)25-5-10-39(2)11-6-25)36-31(44)42-12-7-33(8-13-42)26-4-3-9-34-29(26)37-32(45)46-33/h3-4,9,18-19,21,25,27H,5-8,10-17,20H2,1-2H3,(H,35,38)(H,36,44)(H,34,37,45)/t27-/m1/s1. The molecule has 1 atom stereocenters. The van der Waals surface area contributed by atoms with Crippen molar-refractivity contribution in [1.82, 2.24) is 40.1 Å². The number of hydrogen-bond acceptors (Lipinski definition) is 8. The van der Waals surface area contributed by atoms with Gasteiger partial charge >= 0.3 is 12.1 Å². The predicted molar refractivity (Wildman–Crippen MR) is 172 cm³/mol. The molecule has 2 aromatic heterocycles. The SMILES string of the molecule is Cc1cc(C[C@@H](NC(=O)N2CCC3(CC2)OC(=O)Nc2ncccc23)C(=O)N2CCN(C3CCN(C)CC3)CC2)cc2cn[nH]c12. The van der Waals surface area contributed by atoms with Gasteiger partial charge in [-0.2, -0.15) is 5.10 Å². The van der Waals surface area contributed by atoms with Crippen LogP contribution in [-0.2, 0) is 21.6 Å². The third-order valence-electron chi connectivity index (χ3n) is 10.3. The van der Waals surface area contributed by atoms with Crippen molar-refractivity contribution in [2.24, 2.45) is 0 Å². The van der Waals surface area contributed by atoms with Crippen molar-refractivity contribution in [3.63, 3.8) is 0 Å². The largest absolute Gasteiger partial charge is 0.437 e. The number of carbonyl (C=O) groups is 3. The molecule has 3 fully saturated rings. The van der Waals surface area contributed by atoms with Crippen molar-refractivity contribution >= 4 is 34.8 Å². The molecule has 0 aliphatic carbocycles. The van der Waals surface area contributed by atoms with Gasteiger partial charge in [-0.3, -0.25) is 20.1 Å². The van der Waals surface area contributed by atoms with Crippen LogP contribution in [0.25, 0.3) is 10.9 Å². The van der Waals surface area contributed by atoms with E-state index in [0.29, 0.717) is 57.3 Å². The lowest BCUT2D eigenvalue weighted by molar-refractivity contribution is -0.135. The first-order chi connectivity index (χ1) is 22.3. The quantitative estimate of drug-likeness (QED) is 0.392. The summed E-state index contributed by atoms with van der Waals surface area (Å²) in [6, 6.07) is 7.40. The zero-order valence-electron chi connectivity index (χ0n) is 26.6. The zero-order valence-corrected chi connectivity index (χ0v) is 26.6. The summed E-state index contributed by atoms with van der Waals surface area (Å²) in [4.78, 5) is 53.1. The second-order valence-electron chi connectivity index (χ2n) is 13.2. The molecule has 3 saturated heterocycles. The first kappa shape index (κ1) is 30.4. The summed E-state index contributed by atoms with van der Waals surface area (Å²) < 4.78 is 5.82. The number of benzene rings is 1. The van der Waals surface area contributed by atoms with Crippen LogP contribution < -0.4 is 10.6 Å². The molecule has 13 nitrogen and oxygen atoms in total. The lowest BCUT2D eigenvalue weighted by Gasteiger charge is -2.44. The van der Waals surface area contributed by atoms with Crippen LogP contribution in [0.3, 0.4) is 0 Å². The summed E-state index contributed by atoms with van der Waals surface area (Å²) in [7, 11) is 2.17. The van der Waals surface area contributed by atoms with Gasteiger partial charge in [-0.1, -0.05) is 6.07 Å². The minimum Gasteiger partial charge on any atom is -0.437 e. The number of aryl methyl sites for hydroxylation is 1. The van der Waals surface area contributed by atoms with E-state index in [9.17, 15) is 14.4 Å². The highest BCUT2D eigenvalue weighted by Crippen LogP contribution is 2.42. The average Bonchev–Trinajstić information content (AvgIpc) is 3.54. The van der Waals surface area contributed by atoms with Crippen molar-refractivity contribution in [1.29, 1.82) is 0 Å². The van der Waals surface area contributed by atoms with Crippen LogP contribution in [0.4, 0.5) is 15.4 Å². The van der Waals surface area contributed by atoms with E-state index in [4.69, 9.17) is 4.74 Å². The molecule has 3 N–H and O–H groups in total.